The number of piperidine rings is 1. The molecule has 0 aliphatic carbocycles. The van der Waals surface area contributed by atoms with Crippen LogP contribution in [-0.2, 0) is 9.47 Å². The highest BCUT2D eigenvalue weighted by molar-refractivity contribution is 6.36. The lowest BCUT2D eigenvalue weighted by atomic mass is 10.0. The van der Waals surface area contributed by atoms with E-state index in [9.17, 15) is 0 Å². The molecule has 0 amide bonds. The van der Waals surface area contributed by atoms with E-state index in [2.05, 4.69) is 20.2 Å². The van der Waals surface area contributed by atoms with Crippen LogP contribution in [0.25, 0.3) is 0 Å². The van der Waals surface area contributed by atoms with E-state index in [1.54, 1.807) is 18.3 Å². The van der Waals surface area contributed by atoms with Gasteiger partial charge in [0, 0.05) is 37.2 Å². The molecular formula is C17H18Cl2N4O2. The lowest BCUT2D eigenvalue weighted by Gasteiger charge is -2.37. The highest BCUT2D eigenvalue weighted by Crippen LogP contribution is 2.33. The summed E-state index contributed by atoms with van der Waals surface area (Å²) in [6.07, 6.45) is 3.37. The molecule has 4 rings (SSSR count). The Morgan fingerprint density at radius 1 is 1.08 bits per heavy atom. The topological polar surface area (TPSA) is 59.5 Å². The van der Waals surface area contributed by atoms with Crippen molar-refractivity contribution in [3.63, 3.8) is 0 Å². The van der Waals surface area contributed by atoms with Crippen LogP contribution in [0, 0.1) is 0 Å². The fourth-order valence-electron chi connectivity index (χ4n) is 3.13. The number of hydrogen-bond donors (Lipinski definition) is 1. The number of aromatic nitrogens is 2. The zero-order valence-corrected chi connectivity index (χ0v) is 15.1. The molecular weight excluding hydrogens is 363 g/mol. The molecule has 1 spiro atoms. The van der Waals surface area contributed by atoms with Crippen molar-refractivity contribution in [3.8, 4) is 0 Å². The summed E-state index contributed by atoms with van der Waals surface area (Å²) in [5.74, 6) is 0.967. The minimum Gasteiger partial charge on any atom is -0.347 e. The Morgan fingerprint density at radius 2 is 1.84 bits per heavy atom. The number of anilines is 3. The first-order chi connectivity index (χ1) is 12.1. The zero-order chi connectivity index (χ0) is 17.3. The van der Waals surface area contributed by atoms with Crippen molar-refractivity contribution in [2.24, 2.45) is 0 Å². The van der Waals surface area contributed by atoms with Gasteiger partial charge in [0.15, 0.2) is 5.79 Å². The van der Waals surface area contributed by atoms with Crippen molar-refractivity contribution < 1.29 is 9.47 Å². The Balaban J connectivity index is 1.46. The lowest BCUT2D eigenvalue weighted by Crippen LogP contribution is -2.45. The van der Waals surface area contributed by atoms with Crippen LogP contribution in [0.15, 0.2) is 30.5 Å². The maximum Gasteiger partial charge on any atom is 0.227 e. The highest BCUT2D eigenvalue weighted by Gasteiger charge is 2.40. The summed E-state index contributed by atoms with van der Waals surface area (Å²) >= 11 is 12.1. The predicted molar refractivity (Wildman–Crippen MR) is 97.9 cm³/mol. The molecule has 2 fully saturated rings. The predicted octanol–water partition coefficient (Wildman–Crippen LogP) is 3.87. The normalized spacial score (nSPS) is 19.4. The Bertz CT molecular complexity index is 758. The molecule has 0 radical (unpaired) electrons. The molecule has 0 atom stereocenters. The first kappa shape index (κ1) is 16.8. The van der Waals surface area contributed by atoms with Crippen molar-refractivity contribution in [2.75, 3.05) is 36.5 Å². The van der Waals surface area contributed by atoms with Crippen LogP contribution >= 0.6 is 23.2 Å². The van der Waals surface area contributed by atoms with E-state index in [1.807, 2.05) is 12.1 Å². The van der Waals surface area contributed by atoms with Crippen LogP contribution in [0.1, 0.15) is 12.8 Å². The Hall–Kier alpha value is -1.60. The molecule has 6 nitrogen and oxygen atoms in total. The third-order valence-corrected chi connectivity index (χ3v) is 5.01. The number of ether oxygens (including phenoxy) is 2. The first-order valence-electron chi connectivity index (χ1n) is 8.22. The van der Waals surface area contributed by atoms with Crippen LogP contribution in [-0.4, -0.2) is 42.1 Å². The Kier molecular flexibility index (Phi) is 4.69. The van der Waals surface area contributed by atoms with E-state index in [0.29, 0.717) is 35.0 Å². The van der Waals surface area contributed by atoms with E-state index in [-0.39, 0.29) is 0 Å². The Labute approximate surface area is 156 Å². The smallest absolute Gasteiger partial charge is 0.227 e. The minimum absolute atomic E-state index is 0.400. The molecule has 0 saturated carbocycles. The number of nitrogens with one attached hydrogen (secondary N) is 1. The maximum atomic E-state index is 6.21. The molecule has 2 aromatic rings. The SMILES string of the molecule is Clc1ccc(Nc2ccnc(N3CCC4(CC3)OCCO4)n2)c(Cl)c1. The largest absolute Gasteiger partial charge is 0.347 e. The fraction of sp³-hybridized carbons (Fsp3) is 0.412. The van der Waals surface area contributed by atoms with Gasteiger partial charge in [-0.1, -0.05) is 23.2 Å². The standard InChI is InChI=1S/C17H18Cl2N4O2/c18-12-1-2-14(13(19)11-12)21-15-3-6-20-16(22-15)23-7-4-17(5-8-23)24-9-10-25-17/h1-3,6,11H,4-5,7-10H2,(H,20,21,22). The number of nitrogens with zero attached hydrogens (tertiary/aromatic N) is 3. The Morgan fingerprint density at radius 3 is 2.56 bits per heavy atom. The first-order valence-corrected chi connectivity index (χ1v) is 8.97. The van der Waals surface area contributed by atoms with Crippen LogP contribution in [0.3, 0.4) is 0 Å². The quantitative estimate of drug-likeness (QED) is 0.871. The molecule has 132 valence electrons. The van der Waals surface area contributed by atoms with E-state index < -0.39 is 5.79 Å². The van der Waals surface area contributed by atoms with E-state index in [4.69, 9.17) is 32.7 Å². The maximum absolute atomic E-state index is 6.21. The van der Waals surface area contributed by atoms with Gasteiger partial charge in [-0.15, -0.1) is 0 Å². The van der Waals surface area contributed by atoms with Gasteiger partial charge in [0.25, 0.3) is 0 Å². The number of halogens is 2. The summed E-state index contributed by atoms with van der Waals surface area (Å²) < 4.78 is 11.5. The third-order valence-electron chi connectivity index (χ3n) is 4.46. The molecule has 1 aromatic heterocycles. The minimum atomic E-state index is -0.400. The van der Waals surface area contributed by atoms with Gasteiger partial charge in [-0.3, -0.25) is 0 Å². The fourth-order valence-corrected chi connectivity index (χ4v) is 3.59. The molecule has 0 unspecified atom stereocenters. The second-order valence-corrected chi connectivity index (χ2v) is 6.93. The van der Waals surface area contributed by atoms with Gasteiger partial charge in [-0.25, -0.2) is 4.98 Å². The molecule has 1 N–H and O–H groups in total. The molecule has 8 heteroatoms. The summed E-state index contributed by atoms with van der Waals surface area (Å²) in [4.78, 5) is 11.1. The summed E-state index contributed by atoms with van der Waals surface area (Å²) in [5.41, 5.74) is 0.751. The highest BCUT2D eigenvalue weighted by atomic mass is 35.5. The molecule has 2 aliphatic rings. The van der Waals surface area contributed by atoms with Gasteiger partial charge in [0.1, 0.15) is 5.82 Å². The van der Waals surface area contributed by atoms with Gasteiger partial charge in [-0.05, 0) is 24.3 Å². The number of rotatable bonds is 3. The van der Waals surface area contributed by atoms with Gasteiger partial charge < -0.3 is 19.7 Å². The number of hydrogen-bond acceptors (Lipinski definition) is 6. The van der Waals surface area contributed by atoms with Crippen molar-refractivity contribution in [3.05, 3.63) is 40.5 Å². The summed E-state index contributed by atoms with van der Waals surface area (Å²) in [6.45, 7) is 2.95. The molecule has 1 aromatic carbocycles. The zero-order valence-electron chi connectivity index (χ0n) is 13.5. The molecule has 25 heavy (non-hydrogen) atoms. The summed E-state index contributed by atoms with van der Waals surface area (Å²) in [6, 6.07) is 7.11. The van der Waals surface area contributed by atoms with Crippen molar-refractivity contribution >= 4 is 40.7 Å². The van der Waals surface area contributed by atoms with Gasteiger partial charge >= 0.3 is 0 Å². The molecule has 0 bridgehead atoms. The average molecular weight is 381 g/mol. The summed E-state index contributed by atoms with van der Waals surface area (Å²) in [5, 5.41) is 4.35. The van der Waals surface area contributed by atoms with Crippen LogP contribution in [0.5, 0.6) is 0 Å². The second kappa shape index (κ2) is 6.96. The molecule has 2 saturated heterocycles. The van der Waals surface area contributed by atoms with Crippen LogP contribution in [0.4, 0.5) is 17.5 Å². The molecule has 3 heterocycles. The van der Waals surface area contributed by atoms with Crippen molar-refractivity contribution in [1.82, 2.24) is 9.97 Å². The second-order valence-electron chi connectivity index (χ2n) is 6.09. The van der Waals surface area contributed by atoms with E-state index >= 15 is 0 Å². The molecule has 2 aliphatic heterocycles. The average Bonchev–Trinajstić information content (AvgIpc) is 3.06. The lowest BCUT2D eigenvalue weighted by molar-refractivity contribution is -0.169. The van der Waals surface area contributed by atoms with Gasteiger partial charge in [0.2, 0.25) is 5.95 Å². The van der Waals surface area contributed by atoms with Gasteiger partial charge in [0.05, 0.1) is 23.9 Å². The number of benzene rings is 1. The van der Waals surface area contributed by atoms with Crippen LogP contribution in [0.2, 0.25) is 10.0 Å². The monoisotopic (exact) mass is 380 g/mol. The van der Waals surface area contributed by atoms with E-state index in [0.717, 1.165) is 31.6 Å². The van der Waals surface area contributed by atoms with Crippen LogP contribution < -0.4 is 10.2 Å². The van der Waals surface area contributed by atoms with Crippen molar-refractivity contribution in [2.45, 2.75) is 18.6 Å². The van der Waals surface area contributed by atoms with E-state index in [1.165, 1.54) is 0 Å². The van der Waals surface area contributed by atoms with Gasteiger partial charge in [-0.2, -0.15) is 4.98 Å². The van der Waals surface area contributed by atoms with Crippen molar-refractivity contribution in [1.29, 1.82) is 0 Å². The summed E-state index contributed by atoms with van der Waals surface area (Å²) in [7, 11) is 0. The third kappa shape index (κ3) is 3.67.